The minimum Gasteiger partial charge on any atom is -0.484 e. The highest BCUT2D eigenvalue weighted by Crippen LogP contribution is 2.12. The van der Waals surface area contributed by atoms with Crippen LogP contribution < -0.4 is 15.4 Å². The molecule has 0 saturated carbocycles. The molecule has 0 aliphatic carbocycles. The number of ether oxygens (including phenoxy) is 1. The molecule has 0 fully saturated rings. The SMILES string of the molecule is CNC(C)CNC(=O)COc1ccc(I)cc1.Cl. The molecule has 1 aromatic carbocycles. The van der Waals surface area contributed by atoms with Crippen LogP contribution >= 0.6 is 35.0 Å². The van der Waals surface area contributed by atoms with E-state index < -0.39 is 0 Å². The third kappa shape index (κ3) is 7.03. The third-order valence-corrected chi connectivity index (χ3v) is 3.00. The third-order valence-electron chi connectivity index (χ3n) is 2.28. The molecule has 4 nitrogen and oxygen atoms in total. The van der Waals surface area contributed by atoms with Crippen LogP contribution in [-0.4, -0.2) is 32.1 Å². The summed E-state index contributed by atoms with van der Waals surface area (Å²) < 4.78 is 6.49. The van der Waals surface area contributed by atoms with Crippen LogP contribution in [0.3, 0.4) is 0 Å². The number of benzene rings is 1. The summed E-state index contributed by atoms with van der Waals surface area (Å²) in [6.07, 6.45) is 0. The van der Waals surface area contributed by atoms with Gasteiger partial charge in [0, 0.05) is 16.2 Å². The summed E-state index contributed by atoms with van der Waals surface area (Å²) in [6, 6.07) is 7.85. The lowest BCUT2D eigenvalue weighted by Crippen LogP contribution is -2.39. The fraction of sp³-hybridized carbons (Fsp3) is 0.417. The van der Waals surface area contributed by atoms with Crippen molar-refractivity contribution < 1.29 is 9.53 Å². The second kappa shape index (κ2) is 9.41. The summed E-state index contributed by atoms with van der Waals surface area (Å²) in [7, 11) is 1.86. The molecular formula is C12H18ClIN2O2. The Bertz CT molecular complexity index is 360. The number of nitrogens with one attached hydrogen (secondary N) is 2. The Kier molecular flexibility index (Phi) is 9.13. The second-order valence-electron chi connectivity index (χ2n) is 3.74. The Hall–Kier alpha value is -0.530. The van der Waals surface area contributed by atoms with Gasteiger partial charge in [0.25, 0.3) is 5.91 Å². The highest BCUT2D eigenvalue weighted by atomic mass is 127. The Morgan fingerprint density at radius 1 is 1.39 bits per heavy atom. The van der Waals surface area contributed by atoms with E-state index in [1.807, 2.05) is 38.2 Å². The predicted octanol–water partition coefficient (Wildman–Crippen LogP) is 1.82. The van der Waals surface area contributed by atoms with Gasteiger partial charge in [-0.25, -0.2) is 0 Å². The first kappa shape index (κ1) is 17.5. The maximum absolute atomic E-state index is 11.4. The molecule has 0 aliphatic heterocycles. The van der Waals surface area contributed by atoms with Crippen LogP contribution in [0.25, 0.3) is 0 Å². The monoisotopic (exact) mass is 384 g/mol. The summed E-state index contributed by atoms with van der Waals surface area (Å²) in [5.74, 6) is 0.605. The van der Waals surface area contributed by atoms with Crippen LogP contribution in [0.5, 0.6) is 5.75 Å². The van der Waals surface area contributed by atoms with Crippen LogP contribution in [0.2, 0.25) is 0 Å². The second-order valence-corrected chi connectivity index (χ2v) is 4.98. The molecule has 1 rings (SSSR count). The lowest BCUT2D eigenvalue weighted by atomic mass is 10.3. The molecule has 0 heterocycles. The molecule has 1 aromatic rings. The number of rotatable bonds is 6. The maximum atomic E-state index is 11.4. The number of carbonyl (C=O) groups excluding carboxylic acids is 1. The first-order valence-corrected chi connectivity index (χ1v) is 6.52. The van der Waals surface area contributed by atoms with Gasteiger partial charge in [-0.05, 0) is 60.8 Å². The normalized spacial score (nSPS) is 11.3. The summed E-state index contributed by atoms with van der Waals surface area (Å²) in [6.45, 7) is 2.66. The molecule has 0 spiro atoms. The van der Waals surface area contributed by atoms with E-state index in [-0.39, 0.29) is 31.0 Å². The zero-order chi connectivity index (χ0) is 12.7. The molecule has 0 bridgehead atoms. The van der Waals surface area contributed by atoms with Gasteiger partial charge >= 0.3 is 0 Å². The van der Waals surface area contributed by atoms with Crippen molar-refractivity contribution in [1.82, 2.24) is 10.6 Å². The molecule has 1 amide bonds. The molecule has 102 valence electrons. The van der Waals surface area contributed by atoms with Gasteiger partial charge in [-0.2, -0.15) is 0 Å². The van der Waals surface area contributed by atoms with E-state index in [0.29, 0.717) is 12.3 Å². The van der Waals surface area contributed by atoms with E-state index in [1.54, 1.807) is 0 Å². The van der Waals surface area contributed by atoms with Gasteiger partial charge < -0.3 is 15.4 Å². The first-order chi connectivity index (χ1) is 8.11. The molecule has 0 aliphatic rings. The van der Waals surface area contributed by atoms with Crippen LogP contribution in [0.4, 0.5) is 0 Å². The first-order valence-electron chi connectivity index (χ1n) is 5.44. The molecule has 18 heavy (non-hydrogen) atoms. The summed E-state index contributed by atoms with van der Waals surface area (Å²) in [4.78, 5) is 11.4. The van der Waals surface area contributed by atoms with E-state index >= 15 is 0 Å². The Balaban J connectivity index is 0.00000289. The van der Waals surface area contributed by atoms with E-state index in [1.165, 1.54) is 0 Å². The lowest BCUT2D eigenvalue weighted by Gasteiger charge is -2.11. The van der Waals surface area contributed by atoms with Crippen LogP contribution in [0.15, 0.2) is 24.3 Å². The molecule has 6 heteroatoms. The molecular weight excluding hydrogens is 367 g/mol. The van der Waals surface area contributed by atoms with Crippen molar-refractivity contribution >= 4 is 40.9 Å². The lowest BCUT2D eigenvalue weighted by molar-refractivity contribution is -0.123. The highest BCUT2D eigenvalue weighted by molar-refractivity contribution is 14.1. The molecule has 0 saturated heterocycles. The quantitative estimate of drug-likeness (QED) is 0.736. The van der Waals surface area contributed by atoms with Crippen molar-refractivity contribution in [2.45, 2.75) is 13.0 Å². The summed E-state index contributed by atoms with van der Waals surface area (Å²) in [5, 5.41) is 5.83. The Morgan fingerprint density at radius 2 is 2.00 bits per heavy atom. The molecule has 2 N–H and O–H groups in total. The fourth-order valence-corrected chi connectivity index (χ4v) is 1.46. The predicted molar refractivity (Wildman–Crippen MR) is 83.4 cm³/mol. The standard InChI is InChI=1S/C12H17IN2O2.ClH/c1-9(14-2)7-15-12(16)8-17-11-5-3-10(13)4-6-11;/h3-6,9,14H,7-8H2,1-2H3,(H,15,16);1H. The van der Waals surface area contributed by atoms with E-state index in [2.05, 4.69) is 33.2 Å². The number of hydrogen-bond acceptors (Lipinski definition) is 3. The average Bonchev–Trinajstić information content (AvgIpc) is 2.35. The molecule has 1 atom stereocenters. The zero-order valence-electron chi connectivity index (χ0n) is 10.4. The van der Waals surface area contributed by atoms with Gasteiger partial charge in [-0.15, -0.1) is 12.4 Å². The number of likely N-dealkylation sites (N-methyl/N-ethyl adjacent to an activating group) is 1. The minimum atomic E-state index is -0.106. The van der Waals surface area contributed by atoms with Gasteiger partial charge in [0.1, 0.15) is 5.75 Å². The number of carbonyl (C=O) groups is 1. The minimum absolute atomic E-state index is 0. The number of halogens is 2. The van der Waals surface area contributed by atoms with Crippen LogP contribution in [0.1, 0.15) is 6.92 Å². The number of hydrogen-bond donors (Lipinski definition) is 2. The number of amides is 1. The fourth-order valence-electron chi connectivity index (χ4n) is 1.10. The summed E-state index contributed by atoms with van der Waals surface area (Å²) in [5.41, 5.74) is 0. The average molecular weight is 385 g/mol. The largest absolute Gasteiger partial charge is 0.484 e. The topological polar surface area (TPSA) is 50.4 Å². The smallest absolute Gasteiger partial charge is 0.257 e. The maximum Gasteiger partial charge on any atom is 0.257 e. The molecule has 1 unspecified atom stereocenters. The van der Waals surface area contributed by atoms with Crippen molar-refractivity contribution in [1.29, 1.82) is 0 Å². The van der Waals surface area contributed by atoms with Crippen LogP contribution in [0, 0.1) is 3.57 Å². The van der Waals surface area contributed by atoms with Gasteiger partial charge in [0.05, 0.1) is 0 Å². The Morgan fingerprint density at radius 3 is 2.56 bits per heavy atom. The van der Waals surface area contributed by atoms with Crippen molar-refractivity contribution in [3.05, 3.63) is 27.8 Å². The van der Waals surface area contributed by atoms with Gasteiger partial charge in [-0.1, -0.05) is 0 Å². The van der Waals surface area contributed by atoms with Crippen molar-refractivity contribution in [2.24, 2.45) is 0 Å². The van der Waals surface area contributed by atoms with E-state index in [0.717, 1.165) is 3.57 Å². The zero-order valence-corrected chi connectivity index (χ0v) is 13.4. The van der Waals surface area contributed by atoms with Crippen molar-refractivity contribution in [2.75, 3.05) is 20.2 Å². The van der Waals surface area contributed by atoms with Crippen LogP contribution in [-0.2, 0) is 4.79 Å². The van der Waals surface area contributed by atoms with Gasteiger partial charge in [-0.3, -0.25) is 4.79 Å². The Labute approximate surface area is 127 Å². The molecule has 0 radical (unpaired) electrons. The molecule has 0 aromatic heterocycles. The van der Waals surface area contributed by atoms with Gasteiger partial charge in [0.2, 0.25) is 0 Å². The highest BCUT2D eigenvalue weighted by Gasteiger charge is 2.04. The van der Waals surface area contributed by atoms with E-state index in [9.17, 15) is 4.79 Å². The van der Waals surface area contributed by atoms with Crippen molar-refractivity contribution in [3.63, 3.8) is 0 Å². The summed E-state index contributed by atoms with van der Waals surface area (Å²) >= 11 is 2.22. The van der Waals surface area contributed by atoms with E-state index in [4.69, 9.17) is 4.74 Å². The van der Waals surface area contributed by atoms with Crippen molar-refractivity contribution in [3.8, 4) is 5.75 Å². The van der Waals surface area contributed by atoms with Gasteiger partial charge in [0.15, 0.2) is 6.61 Å².